The van der Waals surface area contributed by atoms with Crippen molar-refractivity contribution in [3.8, 4) is 16.3 Å². The van der Waals surface area contributed by atoms with Gasteiger partial charge in [0.15, 0.2) is 5.13 Å². The standard InChI is InChI=1S/C24H23ClN6O2S/c1-5-6-15(12-26-4)21-17-8-9-19-23(34-24(29-19)28-14(3)33)22(17)31(30-21)20-10-7-16(11-18(20)25)27-13(2)32/h5-7,10-12H,1,8-9H2,2-4H3,(H,27,32)(H,28,29,33)/b15-6+,26-12?. The molecule has 2 heterocycles. The van der Waals surface area contributed by atoms with Crippen molar-refractivity contribution < 1.29 is 9.59 Å². The van der Waals surface area contributed by atoms with Gasteiger partial charge in [0.2, 0.25) is 11.8 Å². The first kappa shape index (κ1) is 23.6. The summed E-state index contributed by atoms with van der Waals surface area (Å²) in [7, 11) is 1.71. The Labute approximate surface area is 206 Å². The molecule has 2 N–H and O–H groups in total. The van der Waals surface area contributed by atoms with E-state index in [0.29, 0.717) is 27.9 Å². The first-order chi connectivity index (χ1) is 16.3. The SMILES string of the molecule is C=C/C=C(\C=NC)c1nn(-c2ccc(NC(C)=O)cc2Cl)c2c1CCc1nc(NC(C)=O)sc1-2. The Kier molecular flexibility index (Phi) is 6.76. The van der Waals surface area contributed by atoms with Crippen LogP contribution < -0.4 is 10.6 Å². The van der Waals surface area contributed by atoms with Gasteiger partial charge in [-0.15, -0.1) is 0 Å². The van der Waals surface area contributed by atoms with Gasteiger partial charge in [0, 0.05) is 43.9 Å². The van der Waals surface area contributed by atoms with Crippen molar-refractivity contribution in [1.29, 1.82) is 0 Å². The number of fused-ring (bicyclic) bond motifs is 3. The van der Waals surface area contributed by atoms with E-state index in [4.69, 9.17) is 16.7 Å². The lowest BCUT2D eigenvalue weighted by Gasteiger charge is -2.15. The average molecular weight is 495 g/mol. The Morgan fingerprint density at radius 1 is 1.24 bits per heavy atom. The molecule has 0 fully saturated rings. The number of benzene rings is 1. The van der Waals surface area contributed by atoms with E-state index < -0.39 is 0 Å². The highest BCUT2D eigenvalue weighted by molar-refractivity contribution is 7.19. The van der Waals surface area contributed by atoms with Gasteiger partial charge in [-0.2, -0.15) is 5.10 Å². The van der Waals surface area contributed by atoms with E-state index in [1.807, 2.05) is 12.1 Å². The Balaban J connectivity index is 1.95. The van der Waals surface area contributed by atoms with Gasteiger partial charge >= 0.3 is 0 Å². The Hall–Kier alpha value is -3.56. The Bertz CT molecular complexity index is 1370. The van der Waals surface area contributed by atoms with Crippen LogP contribution in [0.1, 0.15) is 30.8 Å². The molecule has 1 aliphatic carbocycles. The van der Waals surface area contributed by atoms with E-state index in [1.54, 1.807) is 36.2 Å². The number of hydrogen-bond donors (Lipinski definition) is 2. The first-order valence-corrected chi connectivity index (χ1v) is 11.7. The second-order valence-electron chi connectivity index (χ2n) is 7.66. The number of aryl methyl sites for hydroxylation is 1. The second-order valence-corrected chi connectivity index (χ2v) is 9.06. The molecule has 34 heavy (non-hydrogen) atoms. The van der Waals surface area contributed by atoms with Crippen molar-refractivity contribution in [2.75, 3.05) is 17.7 Å². The molecule has 3 aromatic rings. The number of thiazole rings is 1. The summed E-state index contributed by atoms with van der Waals surface area (Å²) < 4.78 is 1.80. The molecule has 4 rings (SSSR count). The summed E-state index contributed by atoms with van der Waals surface area (Å²) in [5.74, 6) is -0.354. The van der Waals surface area contributed by atoms with E-state index in [2.05, 4.69) is 27.2 Å². The highest BCUT2D eigenvalue weighted by Crippen LogP contribution is 2.44. The van der Waals surface area contributed by atoms with Crippen LogP contribution in [0.3, 0.4) is 0 Å². The summed E-state index contributed by atoms with van der Waals surface area (Å²) in [6.45, 7) is 6.73. The number of carbonyl (C=O) groups is 2. The summed E-state index contributed by atoms with van der Waals surface area (Å²) in [4.78, 5) is 32.8. The molecule has 2 aromatic heterocycles. The van der Waals surface area contributed by atoms with Gasteiger partial charge in [0.05, 0.1) is 32.7 Å². The number of allylic oxidation sites excluding steroid dienone is 3. The molecule has 2 amide bonds. The van der Waals surface area contributed by atoms with Gasteiger partial charge in [-0.3, -0.25) is 14.6 Å². The number of aliphatic imine (C=N–C) groups is 1. The monoisotopic (exact) mass is 494 g/mol. The molecule has 0 unspecified atom stereocenters. The molecule has 8 nitrogen and oxygen atoms in total. The van der Waals surface area contributed by atoms with Crippen LogP contribution in [0.15, 0.2) is 41.9 Å². The average Bonchev–Trinajstić information content (AvgIpc) is 3.33. The van der Waals surface area contributed by atoms with Crippen LogP contribution in [0.4, 0.5) is 10.8 Å². The molecule has 174 valence electrons. The molecule has 0 atom stereocenters. The molecular formula is C24H23ClN6O2S. The lowest BCUT2D eigenvalue weighted by atomic mass is 9.95. The van der Waals surface area contributed by atoms with Crippen LogP contribution in [0.25, 0.3) is 21.8 Å². The largest absolute Gasteiger partial charge is 0.326 e. The van der Waals surface area contributed by atoms with E-state index >= 15 is 0 Å². The Morgan fingerprint density at radius 2 is 2.00 bits per heavy atom. The predicted molar refractivity (Wildman–Crippen MR) is 138 cm³/mol. The van der Waals surface area contributed by atoms with Crippen molar-refractivity contribution in [2.45, 2.75) is 26.7 Å². The maximum atomic E-state index is 11.6. The highest BCUT2D eigenvalue weighted by atomic mass is 35.5. The number of nitrogens with one attached hydrogen (secondary N) is 2. The molecule has 0 bridgehead atoms. The summed E-state index contributed by atoms with van der Waals surface area (Å²) >= 11 is 8.07. The van der Waals surface area contributed by atoms with Gasteiger partial charge in [-0.05, 0) is 31.0 Å². The Morgan fingerprint density at radius 3 is 2.65 bits per heavy atom. The predicted octanol–water partition coefficient (Wildman–Crippen LogP) is 4.93. The fourth-order valence-corrected chi connectivity index (χ4v) is 5.27. The quantitative estimate of drug-likeness (QED) is 0.374. The zero-order valence-corrected chi connectivity index (χ0v) is 20.5. The van der Waals surface area contributed by atoms with E-state index in [-0.39, 0.29) is 11.8 Å². The van der Waals surface area contributed by atoms with Crippen LogP contribution in [-0.4, -0.2) is 39.8 Å². The smallest absolute Gasteiger partial charge is 0.223 e. The number of anilines is 2. The molecule has 0 saturated carbocycles. The topological polar surface area (TPSA) is 101 Å². The van der Waals surface area contributed by atoms with Crippen molar-refractivity contribution in [3.63, 3.8) is 0 Å². The number of carbonyl (C=O) groups excluding carboxylic acids is 2. The van der Waals surface area contributed by atoms with Crippen molar-refractivity contribution >= 4 is 57.4 Å². The number of aromatic nitrogens is 3. The van der Waals surface area contributed by atoms with Crippen molar-refractivity contribution in [1.82, 2.24) is 14.8 Å². The lowest BCUT2D eigenvalue weighted by molar-refractivity contribution is -0.115. The molecule has 1 aromatic carbocycles. The molecule has 0 aliphatic heterocycles. The van der Waals surface area contributed by atoms with Gasteiger partial charge in [-0.1, -0.05) is 41.7 Å². The first-order valence-electron chi connectivity index (χ1n) is 10.5. The third-order valence-electron chi connectivity index (χ3n) is 5.13. The number of halogens is 1. The molecular weight excluding hydrogens is 472 g/mol. The maximum absolute atomic E-state index is 11.6. The number of hydrogen-bond acceptors (Lipinski definition) is 6. The second kappa shape index (κ2) is 9.74. The summed E-state index contributed by atoms with van der Waals surface area (Å²) in [5.41, 5.74) is 5.68. The maximum Gasteiger partial charge on any atom is 0.223 e. The minimum absolute atomic E-state index is 0.174. The van der Waals surface area contributed by atoms with Crippen LogP contribution in [0.2, 0.25) is 5.02 Å². The summed E-state index contributed by atoms with van der Waals surface area (Å²) in [6, 6.07) is 5.29. The third-order valence-corrected chi connectivity index (χ3v) is 6.45. The third kappa shape index (κ3) is 4.57. The highest BCUT2D eigenvalue weighted by Gasteiger charge is 2.30. The van der Waals surface area contributed by atoms with Gasteiger partial charge < -0.3 is 10.6 Å². The lowest BCUT2D eigenvalue weighted by Crippen LogP contribution is -2.08. The number of nitrogens with zero attached hydrogens (tertiary/aromatic N) is 4. The van der Waals surface area contributed by atoms with Gasteiger partial charge in [-0.25, -0.2) is 9.67 Å². The van der Waals surface area contributed by atoms with E-state index in [1.165, 1.54) is 25.2 Å². The fourth-order valence-electron chi connectivity index (χ4n) is 3.89. The van der Waals surface area contributed by atoms with Crippen LogP contribution in [-0.2, 0) is 22.4 Å². The van der Waals surface area contributed by atoms with E-state index in [0.717, 1.165) is 39.5 Å². The van der Waals surface area contributed by atoms with E-state index in [9.17, 15) is 9.59 Å². The van der Waals surface area contributed by atoms with Crippen molar-refractivity contribution in [3.05, 3.63) is 58.9 Å². The normalized spacial score (nSPS) is 12.9. The minimum Gasteiger partial charge on any atom is -0.326 e. The zero-order chi connectivity index (χ0) is 24.4. The van der Waals surface area contributed by atoms with Crippen LogP contribution in [0, 0.1) is 0 Å². The molecule has 0 saturated heterocycles. The number of amides is 2. The van der Waals surface area contributed by atoms with Gasteiger partial charge in [0.25, 0.3) is 0 Å². The molecule has 0 spiro atoms. The zero-order valence-electron chi connectivity index (χ0n) is 19.0. The number of rotatable bonds is 6. The summed E-state index contributed by atoms with van der Waals surface area (Å²) in [6.07, 6.45) is 6.76. The van der Waals surface area contributed by atoms with Crippen LogP contribution >= 0.6 is 22.9 Å². The van der Waals surface area contributed by atoms with Crippen LogP contribution in [0.5, 0.6) is 0 Å². The molecule has 10 heteroatoms. The molecule has 1 aliphatic rings. The minimum atomic E-state index is -0.180. The summed E-state index contributed by atoms with van der Waals surface area (Å²) in [5, 5.41) is 11.5. The van der Waals surface area contributed by atoms with Gasteiger partial charge in [0.1, 0.15) is 0 Å². The molecule has 0 radical (unpaired) electrons. The van der Waals surface area contributed by atoms with Crippen molar-refractivity contribution in [2.24, 2.45) is 4.99 Å². The fraction of sp³-hybridized carbons (Fsp3) is 0.208.